The van der Waals surface area contributed by atoms with Gasteiger partial charge in [-0.25, -0.2) is 4.68 Å². The van der Waals surface area contributed by atoms with E-state index in [4.69, 9.17) is 4.74 Å². The zero-order chi connectivity index (χ0) is 13.8. The second-order valence-electron chi connectivity index (χ2n) is 4.71. The van der Waals surface area contributed by atoms with Crippen molar-refractivity contribution in [2.75, 3.05) is 18.5 Å². The molecule has 0 amide bonds. The van der Waals surface area contributed by atoms with Gasteiger partial charge in [0.2, 0.25) is 5.82 Å². The third-order valence-electron chi connectivity index (χ3n) is 3.36. The van der Waals surface area contributed by atoms with Crippen LogP contribution in [0.2, 0.25) is 0 Å². The quantitative estimate of drug-likeness (QED) is 0.631. The number of hydrogen-bond acceptors (Lipinski definition) is 5. The van der Waals surface area contributed by atoms with Crippen molar-refractivity contribution in [2.24, 2.45) is 0 Å². The summed E-state index contributed by atoms with van der Waals surface area (Å²) in [6, 6.07) is 0. The maximum Gasteiger partial charge on any atom is 0.333 e. The summed E-state index contributed by atoms with van der Waals surface area (Å²) in [7, 11) is 0. The average molecular weight is 268 g/mol. The minimum atomic E-state index is -0.372. The van der Waals surface area contributed by atoms with Crippen molar-refractivity contribution in [1.29, 1.82) is 0 Å². The lowest BCUT2D eigenvalue weighted by Gasteiger charge is -2.11. The maximum absolute atomic E-state index is 11.1. The zero-order valence-electron chi connectivity index (χ0n) is 11.4. The standard InChI is InChI=1S/C12H20N4O3/c1-3-15-12(11(16(17)18)9(2)14-15)13-7-6-10-5-4-8-19-10/h10,13H,3-8H2,1-2H3. The second kappa shape index (κ2) is 6.01. The molecule has 0 radical (unpaired) electrons. The van der Waals surface area contributed by atoms with Crippen molar-refractivity contribution < 1.29 is 9.66 Å². The van der Waals surface area contributed by atoms with Crippen molar-refractivity contribution in [2.45, 2.75) is 45.8 Å². The van der Waals surface area contributed by atoms with Gasteiger partial charge in [-0.1, -0.05) is 0 Å². The number of rotatable bonds is 6. The molecule has 0 bridgehead atoms. The Bertz CT molecular complexity index is 452. The van der Waals surface area contributed by atoms with E-state index in [2.05, 4.69) is 10.4 Å². The van der Waals surface area contributed by atoms with E-state index < -0.39 is 0 Å². The molecule has 0 aromatic carbocycles. The van der Waals surface area contributed by atoms with Gasteiger partial charge < -0.3 is 10.1 Å². The van der Waals surface area contributed by atoms with Crippen molar-refractivity contribution in [3.63, 3.8) is 0 Å². The van der Waals surface area contributed by atoms with Gasteiger partial charge >= 0.3 is 5.69 Å². The van der Waals surface area contributed by atoms with Crippen LogP contribution in [0.1, 0.15) is 31.9 Å². The Kier molecular flexibility index (Phi) is 4.36. The summed E-state index contributed by atoms with van der Waals surface area (Å²) in [5.41, 5.74) is 0.528. The SMILES string of the molecule is CCn1nc(C)c([N+](=O)[O-])c1NCCC1CCCO1. The number of anilines is 1. The van der Waals surface area contributed by atoms with E-state index in [1.54, 1.807) is 11.6 Å². The van der Waals surface area contributed by atoms with Crippen molar-refractivity contribution in [1.82, 2.24) is 9.78 Å². The fraction of sp³-hybridized carbons (Fsp3) is 0.750. The zero-order valence-corrected chi connectivity index (χ0v) is 11.4. The van der Waals surface area contributed by atoms with Crippen molar-refractivity contribution >= 4 is 11.5 Å². The summed E-state index contributed by atoms with van der Waals surface area (Å²) < 4.78 is 7.18. The smallest absolute Gasteiger partial charge is 0.333 e. The molecule has 1 unspecified atom stereocenters. The molecule has 0 saturated carbocycles. The van der Waals surface area contributed by atoms with Crippen LogP contribution in [0, 0.1) is 17.0 Å². The first kappa shape index (κ1) is 13.8. The maximum atomic E-state index is 11.1. The summed E-state index contributed by atoms with van der Waals surface area (Å²) >= 11 is 0. The van der Waals surface area contributed by atoms with Gasteiger partial charge in [-0.05, 0) is 33.1 Å². The van der Waals surface area contributed by atoms with E-state index in [0.717, 1.165) is 25.9 Å². The first-order valence-corrected chi connectivity index (χ1v) is 6.70. The average Bonchev–Trinajstić information content (AvgIpc) is 2.97. The van der Waals surface area contributed by atoms with E-state index in [-0.39, 0.29) is 16.7 Å². The third kappa shape index (κ3) is 3.04. The molecule has 106 valence electrons. The van der Waals surface area contributed by atoms with Crippen LogP contribution in [0.25, 0.3) is 0 Å². The molecule has 1 fully saturated rings. The van der Waals surface area contributed by atoms with Crippen LogP contribution in [-0.2, 0) is 11.3 Å². The molecule has 2 heterocycles. The number of nitrogens with one attached hydrogen (secondary N) is 1. The molecule has 1 N–H and O–H groups in total. The van der Waals surface area contributed by atoms with Crippen molar-refractivity contribution in [3.05, 3.63) is 15.8 Å². The summed E-state index contributed by atoms with van der Waals surface area (Å²) in [4.78, 5) is 10.7. The number of nitrogens with zero attached hydrogens (tertiary/aromatic N) is 3. The largest absolute Gasteiger partial charge is 0.378 e. The van der Waals surface area contributed by atoms with Crippen molar-refractivity contribution in [3.8, 4) is 0 Å². The first-order chi connectivity index (χ1) is 9.13. The fourth-order valence-corrected chi connectivity index (χ4v) is 2.42. The highest BCUT2D eigenvalue weighted by Gasteiger charge is 2.25. The van der Waals surface area contributed by atoms with Gasteiger partial charge in [-0.2, -0.15) is 5.10 Å². The van der Waals surface area contributed by atoms with Gasteiger partial charge in [-0.3, -0.25) is 10.1 Å². The number of hydrogen-bond donors (Lipinski definition) is 1. The Labute approximate surface area is 112 Å². The highest BCUT2D eigenvalue weighted by atomic mass is 16.6. The monoisotopic (exact) mass is 268 g/mol. The molecule has 7 nitrogen and oxygen atoms in total. The molecule has 7 heteroatoms. The minimum absolute atomic E-state index is 0.0780. The molecule has 0 aliphatic carbocycles. The lowest BCUT2D eigenvalue weighted by Crippen LogP contribution is -2.15. The molecule has 1 aliphatic heterocycles. The van der Waals surface area contributed by atoms with Crippen LogP contribution >= 0.6 is 0 Å². The Morgan fingerprint density at radius 2 is 2.42 bits per heavy atom. The molecular weight excluding hydrogens is 248 g/mol. The lowest BCUT2D eigenvalue weighted by atomic mass is 10.2. The van der Waals surface area contributed by atoms with Crippen LogP contribution in [-0.4, -0.2) is 34.0 Å². The number of aromatic nitrogens is 2. The second-order valence-corrected chi connectivity index (χ2v) is 4.71. The fourth-order valence-electron chi connectivity index (χ4n) is 2.42. The summed E-state index contributed by atoms with van der Waals surface area (Å²) in [5, 5.41) is 18.4. The van der Waals surface area contributed by atoms with E-state index in [1.807, 2.05) is 6.92 Å². The predicted octanol–water partition coefficient (Wildman–Crippen LogP) is 2.10. The topological polar surface area (TPSA) is 82.2 Å². The van der Waals surface area contributed by atoms with E-state index in [1.165, 1.54) is 0 Å². The van der Waals surface area contributed by atoms with Gasteiger partial charge in [0.1, 0.15) is 5.69 Å². The molecule has 1 aliphatic rings. The van der Waals surface area contributed by atoms with E-state index >= 15 is 0 Å². The Morgan fingerprint density at radius 3 is 3.00 bits per heavy atom. The molecule has 1 atom stereocenters. The molecular formula is C12H20N4O3. The summed E-state index contributed by atoms with van der Waals surface area (Å²) in [5.74, 6) is 0.503. The molecule has 0 spiro atoms. The normalized spacial score (nSPS) is 18.7. The lowest BCUT2D eigenvalue weighted by molar-refractivity contribution is -0.384. The number of nitro groups is 1. The van der Waals surface area contributed by atoms with E-state index in [9.17, 15) is 10.1 Å². The Morgan fingerprint density at radius 1 is 1.63 bits per heavy atom. The van der Waals surface area contributed by atoms with Crippen LogP contribution < -0.4 is 5.32 Å². The molecule has 1 aromatic heterocycles. The molecule has 1 saturated heterocycles. The van der Waals surface area contributed by atoms with Gasteiger partial charge in [0.25, 0.3) is 0 Å². The number of ether oxygens (including phenoxy) is 1. The molecule has 2 rings (SSSR count). The highest BCUT2D eigenvalue weighted by Crippen LogP contribution is 2.28. The number of aryl methyl sites for hydroxylation is 2. The van der Waals surface area contributed by atoms with Crippen LogP contribution in [0.4, 0.5) is 11.5 Å². The van der Waals surface area contributed by atoms with Gasteiger partial charge in [-0.15, -0.1) is 0 Å². The molecule has 1 aromatic rings. The van der Waals surface area contributed by atoms with Crippen LogP contribution in [0.5, 0.6) is 0 Å². The molecule has 19 heavy (non-hydrogen) atoms. The van der Waals surface area contributed by atoms with E-state index in [0.29, 0.717) is 24.6 Å². The Hall–Kier alpha value is -1.63. The van der Waals surface area contributed by atoms with Crippen LogP contribution in [0.3, 0.4) is 0 Å². The minimum Gasteiger partial charge on any atom is -0.378 e. The van der Waals surface area contributed by atoms with Crippen LogP contribution in [0.15, 0.2) is 0 Å². The predicted molar refractivity (Wildman–Crippen MR) is 71.4 cm³/mol. The Balaban J connectivity index is 2.03. The third-order valence-corrected chi connectivity index (χ3v) is 3.36. The highest BCUT2D eigenvalue weighted by molar-refractivity contribution is 5.59. The first-order valence-electron chi connectivity index (χ1n) is 6.70. The van der Waals surface area contributed by atoms with Gasteiger partial charge in [0.15, 0.2) is 0 Å². The van der Waals surface area contributed by atoms with Gasteiger partial charge in [0.05, 0.1) is 11.0 Å². The summed E-state index contributed by atoms with van der Waals surface area (Å²) in [6.45, 7) is 5.68. The summed E-state index contributed by atoms with van der Waals surface area (Å²) in [6.07, 6.45) is 3.34. The van der Waals surface area contributed by atoms with Gasteiger partial charge in [0, 0.05) is 19.7 Å².